The number of carbonyl (C=O) groups is 1. The van der Waals surface area contributed by atoms with Gasteiger partial charge in [-0.15, -0.1) is 0 Å². The summed E-state index contributed by atoms with van der Waals surface area (Å²) in [5.41, 5.74) is 2.43. The van der Waals surface area contributed by atoms with Gasteiger partial charge in [-0.2, -0.15) is 5.10 Å². The van der Waals surface area contributed by atoms with Crippen molar-refractivity contribution in [2.75, 3.05) is 0 Å². The van der Waals surface area contributed by atoms with Gasteiger partial charge in [0.2, 0.25) is 0 Å². The summed E-state index contributed by atoms with van der Waals surface area (Å²) in [5, 5.41) is 7.07. The highest BCUT2D eigenvalue weighted by molar-refractivity contribution is 6.00. The third kappa shape index (κ3) is 2.55. The second-order valence-corrected chi connectivity index (χ2v) is 5.26. The summed E-state index contributed by atoms with van der Waals surface area (Å²) in [6, 6.07) is 7.91. The van der Waals surface area contributed by atoms with Crippen molar-refractivity contribution in [1.29, 1.82) is 0 Å². The SMILES string of the molecule is CC(C)NC(=O)c1cnn2c(-c3ccc(F)cc3)ccnc12. The molecule has 3 aromatic rings. The highest BCUT2D eigenvalue weighted by Gasteiger charge is 2.16. The Kier molecular flexibility index (Phi) is 3.58. The molecular formula is C16H15FN4O. The first-order chi connectivity index (χ1) is 10.6. The zero-order valence-corrected chi connectivity index (χ0v) is 12.2. The number of aromatic nitrogens is 3. The molecule has 0 spiro atoms. The van der Waals surface area contributed by atoms with E-state index in [1.54, 1.807) is 28.9 Å². The molecule has 0 radical (unpaired) electrons. The Morgan fingerprint density at radius 1 is 1.23 bits per heavy atom. The van der Waals surface area contributed by atoms with Gasteiger partial charge in [-0.1, -0.05) is 0 Å². The van der Waals surface area contributed by atoms with Crippen LogP contribution in [0.4, 0.5) is 4.39 Å². The molecule has 5 nitrogen and oxygen atoms in total. The van der Waals surface area contributed by atoms with Crippen LogP contribution in [0.3, 0.4) is 0 Å². The zero-order valence-electron chi connectivity index (χ0n) is 12.2. The van der Waals surface area contributed by atoms with Gasteiger partial charge < -0.3 is 5.32 Å². The van der Waals surface area contributed by atoms with Crippen molar-refractivity contribution in [3.8, 4) is 11.3 Å². The summed E-state index contributed by atoms with van der Waals surface area (Å²) in [7, 11) is 0. The fourth-order valence-corrected chi connectivity index (χ4v) is 2.23. The van der Waals surface area contributed by atoms with Crippen molar-refractivity contribution in [1.82, 2.24) is 19.9 Å². The fraction of sp³-hybridized carbons (Fsp3) is 0.188. The summed E-state index contributed by atoms with van der Waals surface area (Å²) in [6.45, 7) is 3.78. The molecule has 0 saturated carbocycles. The Balaban J connectivity index is 2.09. The lowest BCUT2D eigenvalue weighted by Gasteiger charge is -2.07. The summed E-state index contributed by atoms with van der Waals surface area (Å²) >= 11 is 0. The first kappa shape index (κ1) is 14.2. The second kappa shape index (κ2) is 5.55. The molecule has 0 fully saturated rings. The molecule has 0 aliphatic carbocycles. The lowest BCUT2D eigenvalue weighted by Crippen LogP contribution is -2.30. The van der Waals surface area contributed by atoms with E-state index >= 15 is 0 Å². The zero-order chi connectivity index (χ0) is 15.7. The van der Waals surface area contributed by atoms with Crippen molar-refractivity contribution in [3.63, 3.8) is 0 Å². The van der Waals surface area contributed by atoms with Crippen molar-refractivity contribution in [2.24, 2.45) is 0 Å². The fourth-order valence-electron chi connectivity index (χ4n) is 2.23. The van der Waals surface area contributed by atoms with E-state index in [4.69, 9.17) is 0 Å². The molecule has 1 N–H and O–H groups in total. The number of benzene rings is 1. The predicted octanol–water partition coefficient (Wildman–Crippen LogP) is 2.67. The number of halogens is 1. The van der Waals surface area contributed by atoms with Gasteiger partial charge in [0.1, 0.15) is 11.4 Å². The molecule has 0 aliphatic heterocycles. The van der Waals surface area contributed by atoms with E-state index in [-0.39, 0.29) is 17.8 Å². The summed E-state index contributed by atoms with van der Waals surface area (Å²) in [4.78, 5) is 16.4. The molecule has 2 heterocycles. The van der Waals surface area contributed by atoms with Crippen LogP contribution in [0.2, 0.25) is 0 Å². The van der Waals surface area contributed by atoms with Crippen LogP contribution in [0, 0.1) is 5.82 Å². The maximum atomic E-state index is 13.1. The first-order valence-corrected chi connectivity index (χ1v) is 6.96. The number of hydrogen-bond acceptors (Lipinski definition) is 3. The smallest absolute Gasteiger partial charge is 0.256 e. The van der Waals surface area contributed by atoms with Gasteiger partial charge in [-0.25, -0.2) is 13.9 Å². The molecule has 0 aliphatic rings. The van der Waals surface area contributed by atoms with Gasteiger partial charge in [-0.3, -0.25) is 4.79 Å². The molecule has 2 aromatic heterocycles. The van der Waals surface area contributed by atoms with Crippen LogP contribution in [0.25, 0.3) is 16.9 Å². The Labute approximate surface area is 126 Å². The standard InChI is InChI=1S/C16H15FN4O/c1-10(2)20-16(22)13-9-19-21-14(7-8-18-15(13)21)11-3-5-12(17)6-4-11/h3-10H,1-2H3,(H,20,22). The van der Waals surface area contributed by atoms with Crippen molar-refractivity contribution in [3.05, 3.63) is 54.1 Å². The second-order valence-electron chi connectivity index (χ2n) is 5.26. The van der Waals surface area contributed by atoms with E-state index < -0.39 is 0 Å². The average molecular weight is 298 g/mol. The molecule has 6 heteroatoms. The number of rotatable bonds is 3. The molecule has 112 valence electrons. The highest BCUT2D eigenvalue weighted by atomic mass is 19.1. The summed E-state index contributed by atoms with van der Waals surface area (Å²) < 4.78 is 14.6. The Morgan fingerprint density at radius 2 is 1.95 bits per heavy atom. The van der Waals surface area contributed by atoms with Gasteiger partial charge in [0.15, 0.2) is 5.65 Å². The number of amides is 1. The Bertz CT molecular complexity index is 824. The van der Waals surface area contributed by atoms with E-state index in [1.807, 2.05) is 13.8 Å². The van der Waals surface area contributed by atoms with Gasteiger partial charge in [0, 0.05) is 17.8 Å². The predicted molar refractivity (Wildman–Crippen MR) is 81.0 cm³/mol. The van der Waals surface area contributed by atoms with Crippen LogP contribution in [-0.4, -0.2) is 26.5 Å². The topological polar surface area (TPSA) is 59.3 Å². The maximum Gasteiger partial charge on any atom is 0.256 e. The Hall–Kier alpha value is -2.76. The largest absolute Gasteiger partial charge is 0.350 e. The van der Waals surface area contributed by atoms with E-state index in [0.29, 0.717) is 11.2 Å². The van der Waals surface area contributed by atoms with Crippen molar-refractivity contribution >= 4 is 11.6 Å². The third-order valence-electron chi connectivity index (χ3n) is 3.21. The number of nitrogens with one attached hydrogen (secondary N) is 1. The lowest BCUT2D eigenvalue weighted by atomic mass is 10.1. The minimum atomic E-state index is -0.300. The number of fused-ring (bicyclic) bond motifs is 1. The van der Waals surface area contributed by atoms with Gasteiger partial charge >= 0.3 is 0 Å². The molecular weight excluding hydrogens is 283 g/mol. The minimum Gasteiger partial charge on any atom is -0.350 e. The number of hydrogen-bond donors (Lipinski definition) is 1. The molecule has 1 amide bonds. The number of nitrogens with zero attached hydrogens (tertiary/aromatic N) is 3. The molecule has 1 aromatic carbocycles. The number of carbonyl (C=O) groups excluding carboxylic acids is 1. The van der Waals surface area contributed by atoms with Crippen LogP contribution < -0.4 is 5.32 Å². The Morgan fingerprint density at radius 3 is 2.64 bits per heavy atom. The summed E-state index contributed by atoms with van der Waals surface area (Å²) in [5.74, 6) is -0.514. The molecule has 0 atom stereocenters. The molecule has 0 saturated heterocycles. The minimum absolute atomic E-state index is 0.0303. The van der Waals surface area contributed by atoms with Crippen LogP contribution >= 0.6 is 0 Å². The van der Waals surface area contributed by atoms with Crippen LogP contribution in [0.5, 0.6) is 0 Å². The average Bonchev–Trinajstić information content (AvgIpc) is 2.91. The van der Waals surface area contributed by atoms with Gasteiger partial charge in [0.05, 0.1) is 11.9 Å². The lowest BCUT2D eigenvalue weighted by molar-refractivity contribution is 0.0944. The van der Waals surface area contributed by atoms with Crippen LogP contribution in [0.15, 0.2) is 42.7 Å². The van der Waals surface area contributed by atoms with E-state index in [1.165, 1.54) is 18.3 Å². The van der Waals surface area contributed by atoms with Crippen LogP contribution in [-0.2, 0) is 0 Å². The third-order valence-corrected chi connectivity index (χ3v) is 3.21. The van der Waals surface area contributed by atoms with Crippen LogP contribution in [0.1, 0.15) is 24.2 Å². The van der Waals surface area contributed by atoms with E-state index in [0.717, 1.165) is 11.3 Å². The summed E-state index contributed by atoms with van der Waals surface area (Å²) in [6.07, 6.45) is 3.11. The van der Waals surface area contributed by atoms with Crippen molar-refractivity contribution < 1.29 is 9.18 Å². The quantitative estimate of drug-likeness (QED) is 0.808. The van der Waals surface area contributed by atoms with E-state index in [2.05, 4.69) is 15.4 Å². The van der Waals surface area contributed by atoms with Crippen molar-refractivity contribution in [2.45, 2.75) is 19.9 Å². The molecule has 0 bridgehead atoms. The monoisotopic (exact) mass is 298 g/mol. The maximum absolute atomic E-state index is 13.1. The first-order valence-electron chi connectivity index (χ1n) is 6.96. The van der Waals surface area contributed by atoms with E-state index in [9.17, 15) is 9.18 Å². The van der Waals surface area contributed by atoms with Gasteiger partial charge in [0.25, 0.3) is 5.91 Å². The molecule has 0 unspecified atom stereocenters. The van der Waals surface area contributed by atoms with Gasteiger partial charge in [-0.05, 0) is 44.2 Å². The molecule has 3 rings (SSSR count). The molecule has 22 heavy (non-hydrogen) atoms. The normalized spacial score (nSPS) is 11.1. The highest BCUT2D eigenvalue weighted by Crippen LogP contribution is 2.21.